The van der Waals surface area contributed by atoms with Crippen LogP contribution in [0.2, 0.25) is 0 Å². The Hall–Kier alpha value is -1.81. The molecule has 128 valence electrons. The standard InChI is InChI=1S/C20H25NO3/c22-20(17-12-14-8-9-15(17)11-14)21-18-6-1-2-7-19(18)24-13-16-5-3-4-10-23-16/h1-2,6-9,14-17H,3-5,10-13H2,(H,21,22). The molecule has 1 aliphatic heterocycles. The van der Waals surface area contributed by atoms with E-state index in [0.717, 1.165) is 43.7 Å². The van der Waals surface area contributed by atoms with Crippen LogP contribution < -0.4 is 10.1 Å². The summed E-state index contributed by atoms with van der Waals surface area (Å²) in [7, 11) is 0. The number of carbonyl (C=O) groups excluding carboxylic acids is 1. The van der Waals surface area contributed by atoms with Crippen molar-refractivity contribution in [2.24, 2.45) is 17.8 Å². The third-order valence-electron chi connectivity index (χ3n) is 5.46. The van der Waals surface area contributed by atoms with Gasteiger partial charge >= 0.3 is 0 Å². The molecule has 1 saturated heterocycles. The fourth-order valence-corrected chi connectivity index (χ4v) is 4.12. The molecular formula is C20H25NO3. The van der Waals surface area contributed by atoms with Crippen molar-refractivity contribution in [2.75, 3.05) is 18.5 Å². The Morgan fingerprint density at radius 3 is 2.88 bits per heavy atom. The third-order valence-corrected chi connectivity index (χ3v) is 5.46. The predicted octanol–water partition coefficient (Wildman–Crippen LogP) is 3.79. The molecule has 0 radical (unpaired) electrons. The summed E-state index contributed by atoms with van der Waals surface area (Å²) in [6, 6.07) is 7.70. The van der Waals surface area contributed by atoms with Crippen LogP contribution in [0.25, 0.3) is 0 Å². The number of benzene rings is 1. The molecule has 4 atom stereocenters. The molecule has 1 aromatic rings. The first-order valence-corrected chi connectivity index (χ1v) is 9.12. The largest absolute Gasteiger partial charge is 0.489 e. The molecule has 2 fully saturated rings. The number of carbonyl (C=O) groups is 1. The fraction of sp³-hybridized carbons (Fsp3) is 0.550. The van der Waals surface area contributed by atoms with Gasteiger partial charge in [0.15, 0.2) is 0 Å². The lowest BCUT2D eigenvalue weighted by atomic mass is 9.93. The average molecular weight is 327 g/mol. The Morgan fingerprint density at radius 2 is 2.12 bits per heavy atom. The van der Waals surface area contributed by atoms with Crippen LogP contribution in [0.1, 0.15) is 32.1 Å². The molecule has 4 rings (SSSR count). The summed E-state index contributed by atoms with van der Waals surface area (Å²) in [4.78, 5) is 12.6. The molecule has 4 heteroatoms. The molecule has 3 aliphatic rings. The minimum absolute atomic E-state index is 0.106. The van der Waals surface area contributed by atoms with Gasteiger partial charge in [0, 0.05) is 12.5 Å². The summed E-state index contributed by atoms with van der Waals surface area (Å²) in [5.74, 6) is 1.98. The maximum absolute atomic E-state index is 12.6. The number of anilines is 1. The van der Waals surface area contributed by atoms with E-state index in [1.165, 1.54) is 6.42 Å². The van der Waals surface area contributed by atoms with Gasteiger partial charge in [0.1, 0.15) is 12.4 Å². The lowest BCUT2D eigenvalue weighted by molar-refractivity contribution is -0.120. The molecule has 2 aliphatic carbocycles. The zero-order valence-corrected chi connectivity index (χ0v) is 13.9. The minimum atomic E-state index is 0.106. The van der Waals surface area contributed by atoms with Gasteiger partial charge < -0.3 is 14.8 Å². The first-order valence-electron chi connectivity index (χ1n) is 9.12. The zero-order valence-electron chi connectivity index (χ0n) is 13.9. The van der Waals surface area contributed by atoms with Crippen molar-refractivity contribution in [3.05, 3.63) is 36.4 Å². The first kappa shape index (κ1) is 15.7. The Kier molecular flexibility index (Phi) is 4.56. The maximum Gasteiger partial charge on any atom is 0.228 e. The molecule has 2 bridgehead atoms. The lowest BCUT2D eigenvalue weighted by Crippen LogP contribution is -2.27. The topological polar surface area (TPSA) is 47.6 Å². The van der Waals surface area contributed by atoms with Gasteiger partial charge in [-0.1, -0.05) is 24.3 Å². The number of fused-ring (bicyclic) bond motifs is 2. The second kappa shape index (κ2) is 6.98. The van der Waals surface area contributed by atoms with E-state index in [9.17, 15) is 4.79 Å². The van der Waals surface area contributed by atoms with E-state index in [2.05, 4.69) is 17.5 Å². The van der Waals surface area contributed by atoms with Crippen molar-refractivity contribution in [1.29, 1.82) is 0 Å². The molecule has 4 unspecified atom stereocenters. The van der Waals surface area contributed by atoms with E-state index in [-0.39, 0.29) is 17.9 Å². The van der Waals surface area contributed by atoms with Crippen molar-refractivity contribution < 1.29 is 14.3 Å². The van der Waals surface area contributed by atoms with Gasteiger partial charge in [-0.05, 0) is 56.1 Å². The third kappa shape index (κ3) is 3.34. The van der Waals surface area contributed by atoms with Gasteiger partial charge in [0.05, 0.1) is 11.8 Å². The number of hydrogen-bond acceptors (Lipinski definition) is 3. The fourth-order valence-electron chi connectivity index (χ4n) is 4.12. The quantitative estimate of drug-likeness (QED) is 0.837. The van der Waals surface area contributed by atoms with E-state index < -0.39 is 0 Å². The molecule has 1 N–H and O–H groups in total. The SMILES string of the molecule is O=C(Nc1ccccc1OCC1CCCCO1)C1CC2C=CC1C2. The van der Waals surface area contributed by atoms with Crippen LogP contribution in [-0.4, -0.2) is 25.2 Å². The van der Waals surface area contributed by atoms with Crippen LogP contribution in [0.3, 0.4) is 0 Å². The van der Waals surface area contributed by atoms with Crippen LogP contribution >= 0.6 is 0 Å². The van der Waals surface area contributed by atoms with Gasteiger partial charge in [-0.25, -0.2) is 0 Å². The summed E-state index contributed by atoms with van der Waals surface area (Å²) in [6.07, 6.45) is 10.1. The number of rotatable bonds is 5. The summed E-state index contributed by atoms with van der Waals surface area (Å²) >= 11 is 0. The highest BCUT2D eigenvalue weighted by Crippen LogP contribution is 2.44. The summed E-state index contributed by atoms with van der Waals surface area (Å²) < 4.78 is 11.7. The Bertz CT molecular complexity index is 621. The highest BCUT2D eigenvalue weighted by molar-refractivity contribution is 5.94. The van der Waals surface area contributed by atoms with Gasteiger partial charge in [0.25, 0.3) is 0 Å². The Balaban J connectivity index is 1.38. The lowest BCUT2D eigenvalue weighted by Gasteiger charge is -2.23. The number of nitrogens with one attached hydrogen (secondary N) is 1. The summed E-state index contributed by atoms with van der Waals surface area (Å²) in [6.45, 7) is 1.37. The number of ether oxygens (including phenoxy) is 2. The Morgan fingerprint density at radius 1 is 1.21 bits per heavy atom. The monoisotopic (exact) mass is 327 g/mol. The molecule has 0 spiro atoms. The van der Waals surface area contributed by atoms with E-state index in [1.807, 2.05) is 24.3 Å². The van der Waals surface area contributed by atoms with Crippen molar-refractivity contribution in [3.8, 4) is 5.75 Å². The first-order chi connectivity index (χ1) is 11.8. The number of para-hydroxylation sites is 2. The highest BCUT2D eigenvalue weighted by atomic mass is 16.5. The molecule has 1 aromatic carbocycles. The second-order valence-corrected chi connectivity index (χ2v) is 7.17. The van der Waals surface area contributed by atoms with Crippen LogP contribution in [-0.2, 0) is 9.53 Å². The number of allylic oxidation sites excluding steroid dienone is 2. The van der Waals surface area contributed by atoms with Gasteiger partial charge in [-0.2, -0.15) is 0 Å². The summed E-state index contributed by atoms with van der Waals surface area (Å²) in [5, 5.41) is 3.09. The van der Waals surface area contributed by atoms with Gasteiger partial charge in [-0.15, -0.1) is 0 Å². The molecule has 4 nitrogen and oxygen atoms in total. The van der Waals surface area contributed by atoms with Gasteiger partial charge in [0.2, 0.25) is 5.91 Å². The van der Waals surface area contributed by atoms with Crippen molar-refractivity contribution in [2.45, 2.75) is 38.2 Å². The highest BCUT2D eigenvalue weighted by Gasteiger charge is 2.39. The van der Waals surface area contributed by atoms with Crippen molar-refractivity contribution in [3.63, 3.8) is 0 Å². The second-order valence-electron chi connectivity index (χ2n) is 7.17. The van der Waals surface area contributed by atoms with E-state index in [1.54, 1.807) is 0 Å². The normalized spacial score (nSPS) is 31.2. The van der Waals surface area contributed by atoms with E-state index in [0.29, 0.717) is 18.4 Å². The predicted molar refractivity (Wildman–Crippen MR) is 93.0 cm³/mol. The van der Waals surface area contributed by atoms with Crippen LogP contribution in [0.4, 0.5) is 5.69 Å². The van der Waals surface area contributed by atoms with Crippen LogP contribution in [0.5, 0.6) is 5.75 Å². The van der Waals surface area contributed by atoms with Gasteiger partial charge in [-0.3, -0.25) is 4.79 Å². The number of amides is 1. The zero-order chi connectivity index (χ0) is 16.4. The Labute approximate surface area is 143 Å². The van der Waals surface area contributed by atoms with E-state index >= 15 is 0 Å². The van der Waals surface area contributed by atoms with Crippen LogP contribution in [0.15, 0.2) is 36.4 Å². The van der Waals surface area contributed by atoms with Crippen molar-refractivity contribution >= 4 is 11.6 Å². The average Bonchev–Trinajstić information content (AvgIpc) is 3.25. The molecule has 24 heavy (non-hydrogen) atoms. The molecule has 1 amide bonds. The molecule has 0 aromatic heterocycles. The summed E-state index contributed by atoms with van der Waals surface area (Å²) in [5.41, 5.74) is 0.769. The number of hydrogen-bond donors (Lipinski definition) is 1. The molecular weight excluding hydrogens is 302 g/mol. The maximum atomic E-state index is 12.6. The van der Waals surface area contributed by atoms with E-state index in [4.69, 9.17) is 9.47 Å². The smallest absolute Gasteiger partial charge is 0.228 e. The molecule has 1 saturated carbocycles. The molecule has 1 heterocycles. The minimum Gasteiger partial charge on any atom is -0.489 e. The van der Waals surface area contributed by atoms with Crippen LogP contribution in [0, 0.1) is 17.8 Å². The van der Waals surface area contributed by atoms with Crippen molar-refractivity contribution in [1.82, 2.24) is 0 Å².